The fraction of sp³-hybridized carbons (Fsp3) is 0.200. The SMILES string of the molecule is C[N-]S(=O)(=O)c1sc2ccc(Cl)cc2c1C. The second-order valence-corrected chi connectivity index (χ2v) is 6.78. The van der Waals surface area contributed by atoms with Gasteiger partial charge in [0.2, 0.25) is 0 Å². The molecule has 0 unspecified atom stereocenters. The highest BCUT2D eigenvalue weighted by Crippen LogP contribution is 2.36. The van der Waals surface area contributed by atoms with Gasteiger partial charge in [0.15, 0.2) is 0 Å². The number of benzene rings is 1. The van der Waals surface area contributed by atoms with Crippen LogP contribution in [-0.2, 0) is 10.0 Å². The Morgan fingerprint density at radius 1 is 1.38 bits per heavy atom. The zero-order valence-corrected chi connectivity index (χ0v) is 11.1. The molecule has 0 saturated heterocycles. The maximum absolute atomic E-state index is 11.7. The molecule has 1 heterocycles. The van der Waals surface area contributed by atoms with Crippen LogP contribution in [0.5, 0.6) is 0 Å². The first kappa shape index (κ1) is 11.9. The lowest BCUT2D eigenvalue weighted by molar-refractivity contribution is 0.604. The summed E-state index contributed by atoms with van der Waals surface area (Å²) in [4.78, 5) is 0. The van der Waals surface area contributed by atoms with Crippen molar-refractivity contribution in [3.05, 3.63) is 33.5 Å². The normalized spacial score (nSPS) is 12.2. The van der Waals surface area contributed by atoms with E-state index in [0.717, 1.165) is 10.1 Å². The van der Waals surface area contributed by atoms with Crippen molar-refractivity contribution in [2.45, 2.75) is 11.1 Å². The first-order valence-corrected chi connectivity index (χ1v) is 7.14. The van der Waals surface area contributed by atoms with E-state index in [1.54, 1.807) is 19.1 Å². The maximum Gasteiger partial charge on any atom is 0.111 e. The molecule has 0 saturated carbocycles. The van der Waals surface area contributed by atoms with Crippen molar-refractivity contribution in [3.63, 3.8) is 0 Å². The summed E-state index contributed by atoms with van der Waals surface area (Å²) in [6.45, 7) is 1.77. The summed E-state index contributed by atoms with van der Waals surface area (Å²) in [7, 11) is -2.22. The standard InChI is InChI=1S/C10H9ClNO2S2/c1-6-8-5-7(11)3-4-9(8)15-10(6)16(13,14)12-2/h3-5H,1-2H3/q-1. The predicted octanol–water partition coefficient (Wildman–Crippen LogP) is 3.56. The number of fused-ring (bicyclic) bond motifs is 1. The van der Waals surface area contributed by atoms with Crippen LogP contribution >= 0.6 is 22.9 Å². The van der Waals surface area contributed by atoms with E-state index in [0.29, 0.717) is 14.8 Å². The Labute approximate surface area is 103 Å². The Hall–Kier alpha value is -0.620. The van der Waals surface area contributed by atoms with E-state index >= 15 is 0 Å². The highest BCUT2D eigenvalue weighted by Gasteiger charge is 2.14. The molecule has 3 nitrogen and oxygen atoms in total. The van der Waals surface area contributed by atoms with E-state index < -0.39 is 10.0 Å². The molecule has 0 spiro atoms. The van der Waals surface area contributed by atoms with Gasteiger partial charge < -0.3 is 4.72 Å². The molecule has 0 aliphatic carbocycles. The van der Waals surface area contributed by atoms with Crippen LogP contribution in [0, 0.1) is 6.92 Å². The molecule has 2 aromatic rings. The highest BCUT2D eigenvalue weighted by atomic mass is 35.5. The van der Waals surface area contributed by atoms with Crippen LogP contribution in [0.3, 0.4) is 0 Å². The third-order valence-corrected chi connectivity index (χ3v) is 5.77. The van der Waals surface area contributed by atoms with Gasteiger partial charge in [-0.2, -0.15) is 7.05 Å². The lowest BCUT2D eigenvalue weighted by Crippen LogP contribution is -1.96. The van der Waals surface area contributed by atoms with Crippen molar-refractivity contribution in [3.8, 4) is 0 Å². The summed E-state index contributed by atoms with van der Waals surface area (Å²) in [6.07, 6.45) is 0. The van der Waals surface area contributed by atoms with Gasteiger partial charge in [-0.1, -0.05) is 11.6 Å². The van der Waals surface area contributed by atoms with Gasteiger partial charge in [-0.05, 0) is 36.1 Å². The van der Waals surface area contributed by atoms with Crippen LogP contribution < -0.4 is 0 Å². The van der Waals surface area contributed by atoms with Gasteiger partial charge in [-0.3, -0.25) is 0 Å². The number of nitrogens with zero attached hydrogens (tertiary/aromatic N) is 1. The Morgan fingerprint density at radius 3 is 2.69 bits per heavy atom. The summed E-state index contributed by atoms with van der Waals surface area (Å²) in [5, 5.41) is 1.48. The number of halogens is 1. The largest absolute Gasteiger partial charge is 0.547 e. The molecular weight excluding hydrogens is 266 g/mol. The summed E-state index contributed by atoms with van der Waals surface area (Å²) in [5.74, 6) is 0. The maximum atomic E-state index is 11.7. The lowest BCUT2D eigenvalue weighted by atomic mass is 10.2. The smallest absolute Gasteiger partial charge is 0.111 e. The number of rotatable bonds is 2. The predicted molar refractivity (Wildman–Crippen MR) is 68.0 cm³/mol. The van der Waals surface area contributed by atoms with E-state index in [1.165, 1.54) is 18.4 Å². The number of thiophene rings is 1. The summed E-state index contributed by atoms with van der Waals surface area (Å²) in [6, 6.07) is 5.35. The van der Waals surface area contributed by atoms with Gasteiger partial charge >= 0.3 is 0 Å². The second kappa shape index (κ2) is 4.00. The van der Waals surface area contributed by atoms with E-state index in [9.17, 15) is 8.42 Å². The van der Waals surface area contributed by atoms with Gasteiger partial charge in [0.25, 0.3) is 0 Å². The zero-order valence-electron chi connectivity index (χ0n) is 8.69. The third-order valence-electron chi connectivity index (χ3n) is 2.33. The Bertz CT molecular complexity index is 646. The van der Waals surface area contributed by atoms with Crippen LogP contribution in [0.25, 0.3) is 14.8 Å². The van der Waals surface area contributed by atoms with Crippen LogP contribution in [-0.4, -0.2) is 15.5 Å². The van der Waals surface area contributed by atoms with Crippen molar-refractivity contribution >= 4 is 43.0 Å². The number of aryl methyl sites for hydroxylation is 1. The summed E-state index contributed by atoms with van der Waals surface area (Å²) < 4.78 is 28.0. The van der Waals surface area contributed by atoms with Crippen molar-refractivity contribution in [2.24, 2.45) is 0 Å². The van der Waals surface area contributed by atoms with Gasteiger partial charge in [-0.25, -0.2) is 8.42 Å². The average molecular weight is 275 g/mol. The molecule has 0 aliphatic rings. The average Bonchev–Trinajstić information content (AvgIpc) is 2.57. The van der Waals surface area contributed by atoms with Crippen molar-refractivity contribution < 1.29 is 8.42 Å². The topological polar surface area (TPSA) is 48.2 Å². The fourth-order valence-electron chi connectivity index (χ4n) is 1.50. The van der Waals surface area contributed by atoms with Crippen molar-refractivity contribution in [1.82, 2.24) is 0 Å². The van der Waals surface area contributed by atoms with E-state index in [4.69, 9.17) is 11.6 Å². The van der Waals surface area contributed by atoms with Crippen LogP contribution in [0.4, 0.5) is 0 Å². The number of hydrogen-bond acceptors (Lipinski definition) is 3. The van der Waals surface area contributed by atoms with Gasteiger partial charge in [0, 0.05) is 9.72 Å². The number of sulfonamides is 1. The van der Waals surface area contributed by atoms with Crippen LogP contribution in [0.2, 0.25) is 5.02 Å². The van der Waals surface area contributed by atoms with Gasteiger partial charge in [0.05, 0.1) is 0 Å². The highest BCUT2D eigenvalue weighted by molar-refractivity contribution is 7.96. The number of hydrogen-bond donors (Lipinski definition) is 0. The molecule has 1 aromatic heterocycles. The molecule has 0 fully saturated rings. The molecule has 0 amide bonds. The molecule has 86 valence electrons. The Kier molecular flexibility index (Phi) is 2.96. The Morgan fingerprint density at radius 2 is 2.06 bits per heavy atom. The molecular formula is C10H9ClNO2S2-. The quantitative estimate of drug-likeness (QED) is 0.841. The lowest BCUT2D eigenvalue weighted by Gasteiger charge is -2.11. The summed E-state index contributed by atoms with van der Waals surface area (Å²) in [5.41, 5.74) is 0.716. The second-order valence-electron chi connectivity index (χ2n) is 3.31. The minimum Gasteiger partial charge on any atom is -0.547 e. The first-order valence-electron chi connectivity index (χ1n) is 4.50. The molecule has 0 radical (unpaired) electrons. The monoisotopic (exact) mass is 274 g/mol. The van der Waals surface area contributed by atoms with E-state index in [-0.39, 0.29) is 0 Å². The molecule has 16 heavy (non-hydrogen) atoms. The molecule has 0 aliphatic heterocycles. The van der Waals surface area contributed by atoms with Crippen molar-refractivity contribution in [1.29, 1.82) is 0 Å². The third kappa shape index (κ3) is 1.84. The molecule has 1 aromatic carbocycles. The molecule has 6 heteroatoms. The van der Waals surface area contributed by atoms with Crippen molar-refractivity contribution in [2.75, 3.05) is 7.05 Å². The van der Waals surface area contributed by atoms with Gasteiger partial charge in [-0.15, -0.1) is 11.3 Å². The molecule has 0 atom stereocenters. The van der Waals surface area contributed by atoms with E-state index in [2.05, 4.69) is 4.72 Å². The first-order chi connectivity index (χ1) is 7.45. The molecule has 2 rings (SSSR count). The van der Waals surface area contributed by atoms with Gasteiger partial charge in [0.1, 0.15) is 14.2 Å². The molecule has 0 bridgehead atoms. The molecule has 0 N–H and O–H groups in total. The minimum absolute atomic E-state index is 0.298. The zero-order chi connectivity index (χ0) is 11.9. The Balaban J connectivity index is 2.80. The minimum atomic E-state index is -3.50. The fourth-order valence-corrected chi connectivity index (χ4v) is 4.17. The van der Waals surface area contributed by atoms with E-state index in [1.807, 2.05) is 6.07 Å². The van der Waals surface area contributed by atoms with Crippen LogP contribution in [0.1, 0.15) is 5.56 Å². The summed E-state index contributed by atoms with van der Waals surface area (Å²) >= 11 is 7.10. The van der Waals surface area contributed by atoms with Crippen LogP contribution in [0.15, 0.2) is 22.4 Å².